The van der Waals surface area contributed by atoms with Crippen molar-refractivity contribution in [3.8, 4) is 0 Å². The Morgan fingerprint density at radius 1 is 1.26 bits per heavy atom. The summed E-state index contributed by atoms with van der Waals surface area (Å²) in [5, 5.41) is 12.5. The molecule has 0 saturated carbocycles. The Morgan fingerprint density at radius 3 is 2.71 bits per heavy atom. The van der Waals surface area contributed by atoms with Gasteiger partial charge in [0.05, 0.1) is 0 Å². The number of nitrogens with one attached hydrogen (secondary N) is 1. The molecule has 7 nitrogen and oxygen atoms in total. The fourth-order valence-corrected chi connectivity index (χ4v) is 4.38. The van der Waals surface area contributed by atoms with E-state index in [1.807, 2.05) is 38.3 Å². The molecule has 1 fully saturated rings. The fourth-order valence-electron chi connectivity index (χ4n) is 3.86. The van der Waals surface area contributed by atoms with Crippen LogP contribution in [0, 0.1) is 25.7 Å². The molecule has 2 amide bonds. The third-order valence-electron chi connectivity index (χ3n) is 5.72. The molecule has 1 atom stereocenters. The zero-order valence-corrected chi connectivity index (χ0v) is 20.0. The van der Waals surface area contributed by atoms with E-state index < -0.39 is 5.92 Å². The molecule has 0 spiro atoms. The second-order valence-electron chi connectivity index (χ2n) is 8.60. The van der Waals surface area contributed by atoms with Gasteiger partial charge in [0, 0.05) is 31.7 Å². The van der Waals surface area contributed by atoms with Crippen LogP contribution in [-0.4, -0.2) is 45.9 Å². The normalized spacial score (nSPS) is 16.4. The van der Waals surface area contributed by atoms with Crippen LogP contribution in [0.15, 0.2) is 23.4 Å². The van der Waals surface area contributed by atoms with Gasteiger partial charge in [-0.3, -0.25) is 9.59 Å². The van der Waals surface area contributed by atoms with Crippen molar-refractivity contribution in [2.24, 2.45) is 11.8 Å². The summed E-state index contributed by atoms with van der Waals surface area (Å²) in [6, 6.07) is 5.99. The molecule has 0 radical (unpaired) electrons. The van der Waals surface area contributed by atoms with Crippen molar-refractivity contribution in [1.82, 2.24) is 20.1 Å². The number of aryl methyl sites for hydroxylation is 3. The Kier molecular flexibility index (Phi) is 7.75. The summed E-state index contributed by atoms with van der Waals surface area (Å²) in [4.78, 5) is 27.2. The number of carbonyl (C=O) groups is 2. The lowest BCUT2D eigenvalue weighted by molar-refractivity contribution is -0.132. The number of carbonyl (C=O) groups excluding carboxylic acids is 2. The highest BCUT2D eigenvalue weighted by atomic mass is 32.2. The fraction of sp³-hybridized carbons (Fsp3) is 0.565. The SMILES string of the molecule is CSc1nnc(CCCNC(=O)C2CCN(c3ccc(C)c(C)c3)C2=O)n1CC(C)C. The summed E-state index contributed by atoms with van der Waals surface area (Å²) in [7, 11) is 0. The zero-order valence-electron chi connectivity index (χ0n) is 19.1. The molecule has 8 heteroatoms. The van der Waals surface area contributed by atoms with Gasteiger partial charge in [-0.15, -0.1) is 10.2 Å². The van der Waals surface area contributed by atoms with Gasteiger partial charge in [0.2, 0.25) is 11.8 Å². The summed E-state index contributed by atoms with van der Waals surface area (Å²) >= 11 is 1.60. The largest absolute Gasteiger partial charge is 0.355 e. The molecule has 1 unspecified atom stereocenters. The van der Waals surface area contributed by atoms with Crippen LogP contribution in [0.5, 0.6) is 0 Å². The van der Waals surface area contributed by atoms with Crippen molar-refractivity contribution in [2.75, 3.05) is 24.2 Å². The van der Waals surface area contributed by atoms with Crippen molar-refractivity contribution >= 4 is 29.3 Å². The second-order valence-corrected chi connectivity index (χ2v) is 9.38. The van der Waals surface area contributed by atoms with E-state index in [2.05, 4.69) is 33.9 Å². The molecule has 2 aromatic rings. The molecular weight excluding hydrogens is 410 g/mol. The molecule has 31 heavy (non-hydrogen) atoms. The van der Waals surface area contributed by atoms with Crippen molar-refractivity contribution in [2.45, 2.75) is 58.7 Å². The van der Waals surface area contributed by atoms with Crippen LogP contribution in [-0.2, 0) is 22.6 Å². The molecule has 3 rings (SSSR count). The molecule has 1 N–H and O–H groups in total. The minimum Gasteiger partial charge on any atom is -0.355 e. The average Bonchev–Trinajstić information content (AvgIpc) is 3.30. The first-order valence-corrected chi connectivity index (χ1v) is 12.2. The minimum atomic E-state index is -0.603. The van der Waals surface area contributed by atoms with Gasteiger partial charge in [-0.25, -0.2) is 0 Å². The molecular formula is C23H33N5O2S. The molecule has 0 aliphatic carbocycles. The van der Waals surface area contributed by atoms with Crippen LogP contribution in [0.1, 0.15) is 43.6 Å². The van der Waals surface area contributed by atoms with Gasteiger partial charge in [0.1, 0.15) is 11.7 Å². The number of aromatic nitrogens is 3. The molecule has 1 saturated heterocycles. The van der Waals surface area contributed by atoms with Gasteiger partial charge in [-0.1, -0.05) is 31.7 Å². The van der Waals surface area contributed by atoms with E-state index in [1.165, 1.54) is 5.56 Å². The van der Waals surface area contributed by atoms with E-state index in [-0.39, 0.29) is 11.8 Å². The number of benzene rings is 1. The first-order chi connectivity index (χ1) is 14.8. The minimum absolute atomic E-state index is 0.109. The van der Waals surface area contributed by atoms with Gasteiger partial charge >= 0.3 is 0 Å². The Balaban J connectivity index is 1.51. The number of anilines is 1. The average molecular weight is 444 g/mol. The lowest BCUT2D eigenvalue weighted by atomic mass is 10.1. The molecule has 0 bridgehead atoms. The monoisotopic (exact) mass is 443 g/mol. The quantitative estimate of drug-likeness (QED) is 0.365. The van der Waals surface area contributed by atoms with Crippen molar-refractivity contribution in [3.63, 3.8) is 0 Å². The van der Waals surface area contributed by atoms with E-state index in [4.69, 9.17) is 0 Å². The van der Waals surface area contributed by atoms with Gasteiger partial charge in [0.25, 0.3) is 0 Å². The molecule has 1 aromatic heterocycles. The number of nitrogens with zero attached hydrogens (tertiary/aromatic N) is 4. The highest BCUT2D eigenvalue weighted by Crippen LogP contribution is 2.27. The van der Waals surface area contributed by atoms with E-state index in [1.54, 1.807) is 16.7 Å². The number of hydrogen-bond donors (Lipinski definition) is 1. The van der Waals surface area contributed by atoms with Crippen LogP contribution >= 0.6 is 11.8 Å². The molecule has 2 heterocycles. The third-order valence-corrected chi connectivity index (χ3v) is 6.39. The van der Waals surface area contributed by atoms with Crippen LogP contribution in [0.4, 0.5) is 5.69 Å². The summed E-state index contributed by atoms with van der Waals surface area (Å²) in [5.74, 6) is 0.570. The summed E-state index contributed by atoms with van der Waals surface area (Å²) in [5.41, 5.74) is 3.21. The van der Waals surface area contributed by atoms with Gasteiger partial charge in [-0.05, 0) is 62.1 Å². The summed E-state index contributed by atoms with van der Waals surface area (Å²) in [6.45, 7) is 10.4. The summed E-state index contributed by atoms with van der Waals surface area (Å²) in [6.07, 6.45) is 4.06. The topological polar surface area (TPSA) is 80.1 Å². The number of rotatable bonds is 9. The first kappa shape index (κ1) is 23.3. The smallest absolute Gasteiger partial charge is 0.239 e. The Bertz CT molecular complexity index is 940. The zero-order chi connectivity index (χ0) is 22.5. The lowest BCUT2D eigenvalue weighted by Gasteiger charge is -2.18. The molecule has 1 aliphatic heterocycles. The molecule has 1 aliphatic rings. The van der Waals surface area contributed by atoms with E-state index in [9.17, 15) is 9.59 Å². The molecule has 168 valence electrons. The maximum absolute atomic E-state index is 12.8. The van der Waals surface area contributed by atoms with E-state index >= 15 is 0 Å². The van der Waals surface area contributed by atoms with Gasteiger partial charge in [0.15, 0.2) is 5.16 Å². The maximum atomic E-state index is 12.8. The second kappa shape index (κ2) is 10.3. The highest BCUT2D eigenvalue weighted by Gasteiger charge is 2.37. The van der Waals surface area contributed by atoms with Crippen LogP contribution in [0.2, 0.25) is 0 Å². The van der Waals surface area contributed by atoms with E-state index in [0.29, 0.717) is 25.4 Å². The predicted molar refractivity (Wildman–Crippen MR) is 124 cm³/mol. The van der Waals surface area contributed by atoms with E-state index in [0.717, 1.165) is 41.6 Å². The Labute approximate surface area is 189 Å². The Morgan fingerprint density at radius 2 is 2.03 bits per heavy atom. The number of amides is 2. The first-order valence-electron chi connectivity index (χ1n) is 10.9. The number of hydrogen-bond acceptors (Lipinski definition) is 5. The predicted octanol–water partition coefficient (Wildman–Crippen LogP) is 3.37. The van der Waals surface area contributed by atoms with Crippen LogP contribution in [0.3, 0.4) is 0 Å². The van der Waals surface area contributed by atoms with Crippen LogP contribution in [0.25, 0.3) is 0 Å². The van der Waals surface area contributed by atoms with Crippen molar-refractivity contribution in [3.05, 3.63) is 35.2 Å². The van der Waals surface area contributed by atoms with Gasteiger partial charge in [-0.2, -0.15) is 0 Å². The highest BCUT2D eigenvalue weighted by molar-refractivity contribution is 7.98. The Hall–Kier alpha value is -2.35. The lowest BCUT2D eigenvalue weighted by Crippen LogP contribution is -2.37. The molecule has 1 aromatic carbocycles. The maximum Gasteiger partial charge on any atom is 0.239 e. The van der Waals surface area contributed by atoms with Gasteiger partial charge < -0.3 is 14.8 Å². The number of thioether (sulfide) groups is 1. The third kappa shape index (κ3) is 5.47. The van der Waals surface area contributed by atoms with Crippen molar-refractivity contribution < 1.29 is 9.59 Å². The summed E-state index contributed by atoms with van der Waals surface area (Å²) < 4.78 is 2.17. The van der Waals surface area contributed by atoms with Crippen molar-refractivity contribution in [1.29, 1.82) is 0 Å². The standard InChI is InChI=1S/C23H33N5O2S/c1-15(2)14-28-20(25-26-23(28)31-5)7-6-11-24-21(29)19-10-12-27(22(19)30)18-9-8-16(3)17(4)13-18/h8-9,13,15,19H,6-7,10-12,14H2,1-5H3,(H,24,29). The van der Waals surface area contributed by atoms with Crippen LogP contribution < -0.4 is 10.2 Å².